The average Bonchev–Trinajstić information content (AvgIpc) is 2.34. The summed E-state index contributed by atoms with van der Waals surface area (Å²) in [7, 11) is 0. The van der Waals surface area contributed by atoms with Crippen LogP contribution in [0.25, 0.3) is 0 Å². The van der Waals surface area contributed by atoms with Gasteiger partial charge in [-0.3, -0.25) is 0 Å². The van der Waals surface area contributed by atoms with Crippen LogP contribution in [-0.2, 0) is 0 Å². The molecular formula is C14H24O. The van der Waals surface area contributed by atoms with Gasteiger partial charge in [0, 0.05) is 0 Å². The molecule has 0 aliphatic heterocycles. The molecule has 0 saturated heterocycles. The second-order valence-corrected chi connectivity index (χ2v) is 3.56. The van der Waals surface area contributed by atoms with Crippen LogP contribution in [0, 0.1) is 11.8 Å². The van der Waals surface area contributed by atoms with Gasteiger partial charge in [0.1, 0.15) is 0 Å². The molecular weight excluding hydrogens is 184 g/mol. The highest BCUT2D eigenvalue weighted by molar-refractivity contribution is 5.15. The van der Waals surface area contributed by atoms with E-state index in [-0.39, 0.29) is 6.10 Å². The first-order valence-corrected chi connectivity index (χ1v) is 5.89. The normalized spacial score (nSPS) is 31.5. The molecule has 2 aliphatic carbocycles. The van der Waals surface area contributed by atoms with Gasteiger partial charge >= 0.3 is 0 Å². The first kappa shape index (κ1) is 14.2. The molecule has 0 heterocycles. The van der Waals surface area contributed by atoms with Gasteiger partial charge in [-0.25, -0.2) is 0 Å². The summed E-state index contributed by atoms with van der Waals surface area (Å²) in [5.74, 6) is 1.33. The summed E-state index contributed by atoms with van der Waals surface area (Å²) in [6.45, 7) is 10.0. The van der Waals surface area contributed by atoms with Gasteiger partial charge in [0.05, 0.1) is 6.10 Å². The summed E-state index contributed by atoms with van der Waals surface area (Å²) in [5.41, 5.74) is 0. The van der Waals surface area contributed by atoms with Gasteiger partial charge in [-0.15, -0.1) is 13.2 Å². The van der Waals surface area contributed by atoms with Crippen LogP contribution in [0.5, 0.6) is 0 Å². The van der Waals surface area contributed by atoms with Crippen molar-refractivity contribution in [3.05, 3.63) is 37.5 Å². The highest BCUT2D eigenvalue weighted by atomic mass is 16.3. The zero-order valence-corrected chi connectivity index (χ0v) is 10.0. The minimum atomic E-state index is -0.0487. The van der Waals surface area contributed by atoms with Crippen LogP contribution >= 0.6 is 0 Å². The van der Waals surface area contributed by atoms with E-state index >= 15 is 0 Å². The minimum Gasteiger partial charge on any atom is -0.393 e. The SMILES string of the molecule is C=C.CC.OC1CCC2C=CC=CC2C1. The molecule has 0 spiro atoms. The fourth-order valence-corrected chi connectivity index (χ4v) is 2.08. The molecule has 1 N–H and O–H groups in total. The topological polar surface area (TPSA) is 20.2 Å². The molecule has 0 aromatic heterocycles. The van der Waals surface area contributed by atoms with E-state index < -0.39 is 0 Å². The Kier molecular flexibility index (Phi) is 8.02. The predicted molar refractivity (Wildman–Crippen MR) is 67.7 cm³/mol. The van der Waals surface area contributed by atoms with Gasteiger partial charge in [-0.2, -0.15) is 0 Å². The van der Waals surface area contributed by atoms with Crippen molar-refractivity contribution >= 4 is 0 Å². The van der Waals surface area contributed by atoms with Gasteiger partial charge in [0.25, 0.3) is 0 Å². The van der Waals surface area contributed by atoms with E-state index in [1.54, 1.807) is 0 Å². The standard InChI is InChI=1S/C10H14O.C2H6.C2H4/c11-10-6-5-8-3-1-2-4-9(8)7-10;2*1-2/h1-4,8-11H,5-7H2;1-2H3;1-2H2. The Labute approximate surface area is 94.2 Å². The molecule has 1 saturated carbocycles. The zero-order valence-electron chi connectivity index (χ0n) is 10.0. The third-order valence-electron chi connectivity index (χ3n) is 2.76. The van der Waals surface area contributed by atoms with E-state index in [4.69, 9.17) is 0 Å². The molecule has 0 amide bonds. The first-order chi connectivity index (χ1) is 7.36. The fourth-order valence-electron chi connectivity index (χ4n) is 2.08. The quantitative estimate of drug-likeness (QED) is 0.602. The molecule has 15 heavy (non-hydrogen) atoms. The monoisotopic (exact) mass is 208 g/mol. The van der Waals surface area contributed by atoms with Crippen LogP contribution in [0.4, 0.5) is 0 Å². The van der Waals surface area contributed by atoms with Crippen molar-refractivity contribution in [3.8, 4) is 0 Å². The van der Waals surface area contributed by atoms with Crippen LogP contribution in [-0.4, -0.2) is 11.2 Å². The number of hydrogen-bond acceptors (Lipinski definition) is 1. The zero-order chi connectivity index (χ0) is 11.7. The molecule has 3 atom stereocenters. The lowest BCUT2D eigenvalue weighted by Gasteiger charge is -2.31. The Morgan fingerprint density at radius 1 is 1.00 bits per heavy atom. The van der Waals surface area contributed by atoms with Crippen LogP contribution in [0.2, 0.25) is 0 Å². The maximum Gasteiger partial charge on any atom is 0.0546 e. The molecule has 2 rings (SSSR count). The van der Waals surface area contributed by atoms with Crippen LogP contribution < -0.4 is 0 Å². The van der Waals surface area contributed by atoms with Crippen molar-refractivity contribution < 1.29 is 5.11 Å². The van der Waals surface area contributed by atoms with Crippen molar-refractivity contribution in [1.82, 2.24) is 0 Å². The van der Waals surface area contributed by atoms with E-state index in [1.807, 2.05) is 13.8 Å². The fraction of sp³-hybridized carbons (Fsp3) is 0.571. The summed E-state index contributed by atoms with van der Waals surface area (Å²) in [6, 6.07) is 0. The highest BCUT2D eigenvalue weighted by Crippen LogP contribution is 2.33. The smallest absolute Gasteiger partial charge is 0.0546 e. The van der Waals surface area contributed by atoms with Crippen molar-refractivity contribution in [2.45, 2.75) is 39.2 Å². The molecule has 1 nitrogen and oxygen atoms in total. The Balaban J connectivity index is 0.000000442. The number of allylic oxidation sites excluding steroid dienone is 4. The second-order valence-electron chi connectivity index (χ2n) is 3.56. The molecule has 2 aliphatic rings. The van der Waals surface area contributed by atoms with Crippen molar-refractivity contribution in [1.29, 1.82) is 0 Å². The van der Waals surface area contributed by atoms with Crippen LogP contribution in [0.15, 0.2) is 37.5 Å². The minimum absolute atomic E-state index is 0.0487. The van der Waals surface area contributed by atoms with Crippen molar-refractivity contribution in [2.75, 3.05) is 0 Å². The number of aliphatic hydroxyl groups excluding tert-OH is 1. The third kappa shape index (κ3) is 4.48. The number of aliphatic hydroxyl groups is 1. The van der Waals surface area contributed by atoms with E-state index in [1.165, 1.54) is 0 Å². The lowest BCUT2D eigenvalue weighted by atomic mass is 9.76. The van der Waals surface area contributed by atoms with E-state index in [0.29, 0.717) is 11.8 Å². The number of rotatable bonds is 0. The van der Waals surface area contributed by atoms with E-state index in [2.05, 4.69) is 37.5 Å². The van der Waals surface area contributed by atoms with Gasteiger partial charge in [-0.05, 0) is 31.1 Å². The van der Waals surface area contributed by atoms with Crippen LogP contribution in [0.3, 0.4) is 0 Å². The lowest BCUT2D eigenvalue weighted by molar-refractivity contribution is 0.0959. The average molecular weight is 208 g/mol. The summed E-state index contributed by atoms with van der Waals surface area (Å²) in [5, 5.41) is 9.39. The highest BCUT2D eigenvalue weighted by Gasteiger charge is 2.26. The van der Waals surface area contributed by atoms with E-state index in [0.717, 1.165) is 19.3 Å². The molecule has 0 aromatic rings. The summed E-state index contributed by atoms with van der Waals surface area (Å²) >= 11 is 0. The Morgan fingerprint density at radius 2 is 1.53 bits per heavy atom. The molecule has 1 heteroatoms. The van der Waals surface area contributed by atoms with Gasteiger partial charge in [0.15, 0.2) is 0 Å². The van der Waals surface area contributed by atoms with Crippen molar-refractivity contribution in [2.24, 2.45) is 11.8 Å². The summed E-state index contributed by atoms with van der Waals surface area (Å²) < 4.78 is 0. The molecule has 0 radical (unpaired) electrons. The second kappa shape index (κ2) is 8.49. The van der Waals surface area contributed by atoms with Gasteiger partial charge in [-0.1, -0.05) is 38.2 Å². The van der Waals surface area contributed by atoms with Crippen molar-refractivity contribution in [3.63, 3.8) is 0 Å². The Hall–Kier alpha value is -0.820. The summed E-state index contributed by atoms with van der Waals surface area (Å²) in [4.78, 5) is 0. The molecule has 0 aromatic carbocycles. The first-order valence-electron chi connectivity index (χ1n) is 5.89. The lowest BCUT2D eigenvalue weighted by Crippen LogP contribution is -2.26. The number of hydrogen-bond donors (Lipinski definition) is 1. The largest absolute Gasteiger partial charge is 0.393 e. The summed E-state index contributed by atoms with van der Waals surface area (Å²) in [6.07, 6.45) is 11.8. The van der Waals surface area contributed by atoms with Gasteiger partial charge < -0.3 is 5.11 Å². The van der Waals surface area contributed by atoms with Gasteiger partial charge in [0.2, 0.25) is 0 Å². The van der Waals surface area contributed by atoms with E-state index in [9.17, 15) is 5.11 Å². The number of fused-ring (bicyclic) bond motifs is 1. The maximum absolute atomic E-state index is 9.39. The Morgan fingerprint density at radius 3 is 2.13 bits per heavy atom. The molecule has 0 bridgehead atoms. The maximum atomic E-state index is 9.39. The molecule has 1 fully saturated rings. The third-order valence-corrected chi connectivity index (χ3v) is 2.76. The molecule has 3 unspecified atom stereocenters. The van der Waals surface area contributed by atoms with Crippen LogP contribution in [0.1, 0.15) is 33.1 Å². The molecule has 86 valence electrons. The predicted octanol–water partition coefficient (Wildman–Crippen LogP) is 3.72. The Bertz CT molecular complexity index is 205.